The molecule has 106 valence electrons. The van der Waals surface area contributed by atoms with E-state index in [0.29, 0.717) is 0 Å². The lowest BCUT2D eigenvalue weighted by Crippen LogP contribution is -2.44. The molecule has 8 heteroatoms. The Balaban J connectivity index is 2.92. The standard InChI is InChI=1S/C12H10O8/c13-6-19-8(10(14)15)9(11(16)17)20-12(18)7-4-2-1-3-5-7/h1-6,8-9H,(H,14,15)(H,16,17)/t8-,9?/m0/s1. The molecule has 1 unspecified atom stereocenters. The Morgan fingerprint density at radius 1 is 1.00 bits per heavy atom. The first kappa shape index (κ1) is 15.2. The summed E-state index contributed by atoms with van der Waals surface area (Å²) in [6.45, 7) is -0.231. The minimum atomic E-state index is -2.15. The highest BCUT2D eigenvalue weighted by molar-refractivity contribution is 5.93. The van der Waals surface area contributed by atoms with Crippen molar-refractivity contribution >= 4 is 24.4 Å². The van der Waals surface area contributed by atoms with Crippen LogP contribution in [0.4, 0.5) is 0 Å². The lowest BCUT2D eigenvalue weighted by Gasteiger charge is -2.18. The van der Waals surface area contributed by atoms with Gasteiger partial charge in [-0.15, -0.1) is 0 Å². The van der Waals surface area contributed by atoms with E-state index in [1.807, 2.05) is 0 Å². The molecule has 2 atom stereocenters. The van der Waals surface area contributed by atoms with Crippen LogP contribution in [0.25, 0.3) is 0 Å². The second-order valence-electron chi connectivity index (χ2n) is 3.52. The molecule has 0 radical (unpaired) electrons. The van der Waals surface area contributed by atoms with Gasteiger partial charge < -0.3 is 19.7 Å². The Kier molecular flexibility index (Phi) is 5.21. The van der Waals surface area contributed by atoms with Gasteiger partial charge in [-0.1, -0.05) is 18.2 Å². The van der Waals surface area contributed by atoms with Crippen molar-refractivity contribution in [1.29, 1.82) is 0 Å². The SMILES string of the molecule is O=CO[C@H](C(=O)O)C(OC(=O)c1ccccc1)C(=O)O. The fourth-order valence-electron chi connectivity index (χ4n) is 1.32. The van der Waals surface area contributed by atoms with Crippen LogP contribution in [0.3, 0.4) is 0 Å². The Morgan fingerprint density at radius 3 is 2.00 bits per heavy atom. The van der Waals surface area contributed by atoms with Crippen molar-refractivity contribution in [2.24, 2.45) is 0 Å². The normalized spacial score (nSPS) is 12.8. The predicted molar refractivity (Wildman–Crippen MR) is 61.9 cm³/mol. The predicted octanol–water partition coefficient (Wildman–Crippen LogP) is -0.0772. The number of carbonyl (C=O) groups is 4. The van der Waals surface area contributed by atoms with Crippen LogP contribution in [0.15, 0.2) is 30.3 Å². The van der Waals surface area contributed by atoms with Gasteiger partial charge in [0, 0.05) is 0 Å². The number of carboxylic acid groups (broad SMARTS) is 2. The lowest BCUT2D eigenvalue weighted by molar-refractivity contribution is -0.173. The highest BCUT2D eigenvalue weighted by Gasteiger charge is 2.39. The average Bonchev–Trinajstić information content (AvgIpc) is 2.42. The first-order valence-corrected chi connectivity index (χ1v) is 5.28. The van der Waals surface area contributed by atoms with E-state index in [1.54, 1.807) is 6.07 Å². The second-order valence-corrected chi connectivity index (χ2v) is 3.52. The fraction of sp³-hybridized carbons (Fsp3) is 0.167. The van der Waals surface area contributed by atoms with Gasteiger partial charge in [-0.3, -0.25) is 4.79 Å². The molecule has 0 bridgehead atoms. The summed E-state index contributed by atoms with van der Waals surface area (Å²) in [5.74, 6) is -4.53. The molecule has 0 saturated heterocycles. The van der Waals surface area contributed by atoms with E-state index in [0.717, 1.165) is 0 Å². The molecule has 1 rings (SSSR count). The number of carboxylic acids is 2. The molecule has 0 fully saturated rings. The maximum Gasteiger partial charge on any atom is 0.349 e. The number of hydrogen-bond acceptors (Lipinski definition) is 6. The summed E-state index contributed by atoms with van der Waals surface area (Å²) in [7, 11) is 0. The van der Waals surface area contributed by atoms with E-state index in [1.165, 1.54) is 24.3 Å². The summed E-state index contributed by atoms with van der Waals surface area (Å²) in [4.78, 5) is 43.6. The van der Waals surface area contributed by atoms with Gasteiger partial charge in [0.15, 0.2) is 0 Å². The van der Waals surface area contributed by atoms with Crippen LogP contribution in [-0.4, -0.2) is 46.8 Å². The van der Waals surface area contributed by atoms with Crippen molar-refractivity contribution < 1.29 is 38.9 Å². The van der Waals surface area contributed by atoms with Crippen LogP contribution < -0.4 is 0 Å². The van der Waals surface area contributed by atoms with Gasteiger partial charge in [0.05, 0.1) is 5.56 Å². The number of aliphatic carboxylic acids is 2. The topological polar surface area (TPSA) is 127 Å². The minimum absolute atomic E-state index is 0.0361. The molecule has 20 heavy (non-hydrogen) atoms. The van der Waals surface area contributed by atoms with Gasteiger partial charge in [-0.2, -0.15) is 0 Å². The quantitative estimate of drug-likeness (QED) is 0.525. The molecule has 0 aliphatic carbocycles. The Hall–Kier alpha value is -2.90. The van der Waals surface area contributed by atoms with Gasteiger partial charge in [-0.05, 0) is 12.1 Å². The molecular formula is C12H10O8. The van der Waals surface area contributed by atoms with Crippen molar-refractivity contribution in [3.8, 4) is 0 Å². The van der Waals surface area contributed by atoms with Crippen molar-refractivity contribution in [2.75, 3.05) is 0 Å². The summed E-state index contributed by atoms with van der Waals surface area (Å²) in [6, 6.07) is 7.38. The summed E-state index contributed by atoms with van der Waals surface area (Å²) in [6.07, 6.45) is -4.27. The molecule has 2 N–H and O–H groups in total. The second kappa shape index (κ2) is 6.88. The third kappa shape index (κ3) is 3.80. The van der Waals surface area contributed by atoms with E-state index in [4.69, 9.17) is 10.2 Å². The maximum absolute atomic E-state index is 11.7. The molecule has 0 spiro atoms. The largest absolute Gasteiger partial charge is 0.478 e. The highest BCUT2D eigenvalue weighted by Crippen LogP contribution is 2.10. The van der Waals surface area contributed by atoms with Gasteiger partial charge in [-0.25, -0.2) is 14.4 Å². The van der Waals surface area contributed by atoms with Crippen LogP contribution >= 0.6 is 0 Å². The van der Waals surface area contributed by atoms with Crippen LogP contribution in [0, 0.1) is 0 Å². The van der Waals surface area contributed by atoms with Gasteiger partial charge >= 0.3 is 17.9 Å². The molecule has 1 aromatic carbocycles. The zero-order chi connectivity index (χ0) is 15.1. The van der Waals surface area contributed by atoms with Crippen molar-refractivity contribution in [3.63, 3.8) is 0 Å². The first-order chi connectivity index (χ1) is 9.47. The maximum atomic E-state index is 11.7. The summed E-state index contributed by atoms with van der Waals surface area (Å²) in [5.41, 5.74) is 0.0361. The number of carbonyl (C=O) groups excluding carboxylic acids is 2. The molecule has 0 heterocycles. The summed E-state index contributed by atoms with van der Waals surface area (Å²) in [5, 5.41) is 17.6. The number of benzene rings is 1. The first-order valence-electron chi connectivity index (χ1n) is 5.28. The highest BCUT2D eigenvalue weighted by atomic mass is 16.6. The average molecular weight is 282 g/mol. The smallest absolute Gasteiger partial charge is 0.349 e. The van der Waals surface area contributed by atoms with Gasteiger partial charge in [0.25, 0.3) is 6.47 Å². The molecule has 0 amide bonds. The molecule has 1 aromatic rings. The van der Waals surface area contributed by atoms with Gasteiger partial charge in [0.2, 0.25) is 12.2 Å². The summed E-state index contributed by atoms with van der Waals surface area (Å²) >= 11 is 0. The lowest BCUT2D eigenvalue weighted by atomic mass is 10.2. The number of esters is 1. The zero-order valence-corrected chi connectivity index (χ0v) is 9.96. The van der Waals surface area contributed by atoms with Gasteiger partial charge in [0.1, 0.15) is 0 Å². The summed E-state index contributed by atoms with van der Waals surface area (Å²) < 4.78 is 8.70. The molecule has 0 saturated carbocycles. The molecule has 8 nitrogen and oxygen atoms in total. The van der Waals surface area contributed by atoms with E-state index in [2.05, 4.69) is 9.47 Å². The van der Waals surface area contributed by atoms with E-state index >= 15 is 0 Å². The molecule has 0 aliphatic heterocycles. The molecular weight excluding hydrogens is 272 g/mol. The third-order valence-electron chi connectivity index (χ3n) is 2.21. The van der Waals surface area contributed by atoms with Crippen LogP contribution in [-0.2, 0) is 23.9 Å². The third-order valence-corrected chi connectivity index (χ3v) is 2.21. The Labute approximate surface area is 112 Å². The molecule has 0 aliphatic rings. The van der Waals surface area contributed by atoms with Crippen molar-refractivity contribution in [3.05, 3.63) is 35.9 Å². The Bertz CT molecular complexity index is 509. The van der Waals surface area contributed by atoms with Crippen LogP contribution in [0.5, 0.6) is 0 Å². The zero-order valence-electron chi connectivity index (χ0n) is 9.96. The number of rotatable bonds is 7. The van der Waals surface area contributed by atoms with E-state index < -0.39 is 30.1 Å². The Morgan fingerprint density at radius 2 is 1.55 bits per heavy atom. The minimum Gasteiger partial charge on any atom is -0.478 e. The fourth-order valence-corrected chi connectivity index (χ4v) is 1.32. The van der Waals surface area contributed by atoms with E-state index in [-0.39, 0.29) is 12.0 Å². The number of ether oxygens (including phenoxy) is 2. The van der Waals surface area contributed by atoms with E-state index in [9.17, 15) is 19.2 Å². The monoisotopic (exact) mass is 282 g/mol. The molecule has 0 aromatic heterocycles. The van der Waals surface area contributed by atoms with Crippen molar-refractivity contribution in [1.82, 2.24) is 0 Å². The van der Waals surface area contributed by atoms with Crippen LogP contribution in [0.1, 0.15) is 10.4 Å². The number of hydrogen-bond donors (Lipinski definition) is 2. The van der Waals surface area contributed by atoms with Crippen LogP contribution in [0.2, 0.25) is 0 Å². The van der Waals surface area contributed by atoms with Crippen molar-refractivity contribution in [2.45, 2.75) is 12.2 Å².